The number of nitrogens with zero attached hydrogens (tertiary/aromatic N) is 2. The zero-order chi connectivity index (χ0) is 23.5. The Morgan fingerprint density at radius 1 is 0.971 bits per heavy atom. The second-order valence-electron chi connectivity index (χ2n) is 9.22. The van der Waals surface area contributed by atoms with Crippen LogP contribution in [-0.4, -0.2) is 18.1 Å². The zero-order valence-corrected chi connectivity index (χ0v) is 22.8. The van der Waals surface area contributed by atoms with Gasteiger partial charge < -0.3 is 9.64 Å². The number of hydrogen-bond donors (Lipinski definition) is 0. The Hall–Kier alpha value is -1.40. The van der Waals surface area contributed by atoms with Gasteiger partial charge in [0.2, 0.25) is 0 Å². The Kier molecular flexibility index (Phi) is 7.64. The van der Waals surface area contributed by atoms with Crippen molar-refractivity contribution in [1.29, 1.82) is 0 Å². The Balaban J connectivity index is 1.43. The Morgan fingerprint density at radius 3 is 2.44 bits per heavy atom. The van der Waals surface area contributed by atoms with Crippen LogP contribution >= 0.6 is 50.9 Å². The van der Waals surface area contributed by atoms with Crippen LogP contribution in [0.15, 0.2) is 69.1 Å². The van der Waals surface area contributed by atoms with Gasteiger partial charge in [-0.3, -0.25) is 0 Å². The molecule has 34 heavy (non-hydrogen) atoms. The molecule has 1 aliphatic heterocycles. The maximum Gasteiger partial charge on any atom is 0.154 e. The molecule has 0 radical (unpaired) electrons. The lowest BCUT2D eigenvalue weighted by atomic mass is 9.77. The van der Waals surface area contributed by atoms with Gasteiger partial charge in [0.1, 0.15) is 16.2 Å². The fourth-order valence-electron chi connectivity index (χ4n) is 5.09. The van der Waals surface area contributed by atoms with Crippen LogP contribution in [0.5, 0.6) is 5.75 Å². The van der Waals surface area contributed by atoms with Crippen LogP contribution in [0.2, 0.25) is 10.0 Å². The molecule has 1 saturated heterocycles. The number of rotatable bonds is 6. The van der Waals surface area contributed by atoms with E-state index in [0.29, 0.717) is 22.1 Å². The number of benzene rings is 2. The second kappa shape index (κ2) is 10.7. The van der Waals surface area contributed by atoms with E-state index in [2.05, 4.69) is 39.0 Å². The average molecular weight is 578 g/mol. The second-order valence-corrected chi connectivity index (χ2v) is 11.8. The molecule has 3 aromatic rings. The first-order valence-corrected chi connectivity index (χ1v) is 14.1. The molecule has 0 atom stereocenters. The van der Waals surface area contributed by atoms with Crippen molar-refractivity contribution < 1.29 is 4.74 Å². The van der Waals surface area contributed by atoms with Crippen molar-refractivity contribution in [1.82, 2.24) is 4.98 Å². The Labute approximate surface area is 224 Å². The lowest BCUT2D eigenvalue weighted by Gasteiger charge is -2.40. The van der Waals surface area contributed by atoms with Crippen LogP contribution in [0, 0.1) is 5.41 Å². The number of piperidine rings is 1. The minimum atomic E-state index is 0.476. The SMILES string of the molecule is Clc1cccc(Sc2nc(Br)c(N3CCC4(CCCC4)CC3)cc2OCc2ccccc2)c1Cl. The summed E-state index contributed by atoms with van der Waals surface area (Å²) in [5.41, 5.74) is 2.78. The van der Waals surface area contributed by atoms with Crippen LogP contribution in [0.3, 0.4) is 0 Å². The monoisotopic (exact) mass is 576 g/mol. The normalized spacial score (nSPS) is 17.3. The number of pyridine rings is 1. The van der Waals surface area contributed by atoms with E-state index in [4.69, 9.17) is 32.9 Å². The number of aromatic nitrogens is 1. The molecule has 1 aliphatic carbocycles. The van der Waals surface area contributed by atoms with Crippen molar-refractivity contribution in [3.8, 4) is 5.75 Å². The molecule has 1 aromatic heterocycles. The predicted octanol–water partition coefficient (Wildman–Crippen LogP) is 9.04. The molecular weight excluding hydrogens is 551 g/mol. The molecule has 0 N–H and O–H groups in total. The van der Waals surface area contributed by atoms with Gasteiger partial charge in [-0.2, -0.15) is 0 Å². The van der Waals surface area contributed by atoms with E-state index in [1.165, 1.54) is 50.3 Å². The van der Waals surface area contributed by atoms with Crippen LogP contribution in [0.25, 0.3) is 0 Å². The van der Waals surface area contributed by atoms with Gasteiger partial charge in [0.25, 0.3) is 0 Å². The van der Waals surface area contributed by atoms with E-state index < -0.39 is 0 Å². The summed E-state index contributed by atoms with van der Waals surface area (Å²) in [6.45, 7) is 2.60. The van der Waals surface area contributed by atoms with Gasteiger partial charge in [-0.15, -0.1) is 0 Å². The van der Waals surface area contributed by atoms with Crippen LogP contribution in [0.1, 0.15) is 44.1 Å². The van der Waals surface area contributed by atoms with Gasteiger partial charge >= 0.3 is 0 Å². The molecule has 2 fully saturated rings. The lowest BCUT2D eigenvalue weighted by Crippen LogP contribution is -2.39. The van der Waals surface area contributed by atoms with Gasteiger partial charge in [0, 0.05) is 24.1 Å². The quantitative estimate of drug-likeness (QED) is 0.273. The third-order valence-corrected chi connectivity index (χ3v) is 9.64. The fraction of sp³-hybridized carbons (Fsp3) is 0.370. The highest BCUT2D eigenvalue weighted by Gasteiger charge is 2.37. The molecule has 1 spiro atoms. The Bertz CT molecular complexity index is 1140. The summed E-state index contributed by atoms with van der Waals surface area (Å²) in [4.78, 5) is 8.24. The van der Waals surface area contributed by atoms with E-state index >= 15 is 0 Å². The minimum absolute atomic E-state index is 0.476. The first kappa shape index (κ1) is 24.3. The van der Waals surface area contributed by atoms with Crippen LogP contribution in [0.4, 0.5) is 5.69 Å². The van der Waals surface area contributed by atoms with Gasteiger partial charge in [0.05, 0.1) is 15.7 Å². The van der Waals surface area contributed by atoms with Crippen LogP contribution < -0.4 is 9.64 Å². The smallest absolute Gasteiger partial charge is 0.154 e. The molecule has 2 heterocycles. The van der Waals surface area contributed by atoms with Gasteiger partial charge in [-0.05, 0) is 64.7 Å². The number of hydrogen-bond acceptors (Lipinski definition) is 4. The molecule has 3 nitrogen and oxygen atoms in total. The zero-order valence-electron chi connectivity index (χ0n) is 18.9. The van der Waals surface area contributed by atoms with E-state index in [1.807, 2.05) is 30.3 Å². The molecule has 0 unspecified atom stereocenters. The summed E-state index contributed by atoms with van der Waals surface area (Å²) in [6, 6.07) is 18.0. The number of halogens is 3. The molecule has 0 amide bonds. The molecule has 5 rings (SSSR count). The van der Waals surface area contributed by atoms with Crippen molar-refractivity contribution in [3.63, 3.8) is 0 Å². The summed E-state index contributed by atoms with van der Waals surface area (Å²) in [6.07, 6.45) is 8.08. The van der Waals surface area contributed by atoms with Crippen molar-refractivity contribution >= 4 is 56.6 Å². The largest absolute Gasteiger partial charge is 0.486 e. The molecule has 2 aliphatic rings. The van der Waals surface area contributed by atoms with Crippen molar-refractivity contribution in [2.24, 2.45) is 5.41 Å². The molecule has 2 aromatic carbocycles. The summed E-state index contributed by atoms with van der Waals surface area (Å²) < 4.78 is 7.17. The summed E-state index contributed by atoms with van der Waals surface area (Å²) in [7, 11) is 0. The summed E-state index contributed by atoms with van der Waals surface area (Å²) in [5.74, 6) is 0.754. The minimum Gasteiger partial charge on any atom is -0.486 e. The lowest BCUT2D eigenvalue weighted by molar-refractivity contribution is 0.226. The molecular formula is C27H27BrCl2N2OS. The average Bonchev–Trinajstić information content (AvgIpc) is 3.31. The van der Waals surface area contributed by atoms with E-state index in [0.717, 1.165) is 44.6 Å². The maximum atomic E-state index is 6.48. The highest BCUT2D eigenvalue weighted by atomic mass is 79.9. The molecule has 7 heteroatoms. The Morgan fingerprint density at radius 2 is 1.71 bits per heavy atom. The van der Waals surface area contributed by atoms with E-state index in [1.54, 1.807) is 6.07 Å². The van der Waals surface area contributed by atoms with Crippen molar-refractivity contribution in [3.05, 3.63) is 74.8 Å². The topological polar surface area (TPSA) is 25.4 Å². The van der Waals surface area contributed by atoms with Gasteiger partial charge in [-0.1, -0.05) is 84.2 Å². The summed E-state index contributed by atoms with van der Waals surface area (Å²) in [5, 5.41) is 1.83. The van der Waals surface area contributed by atoms with E-state index in [-0.39, 0.29) is 0 Å². The summed E-state index contributed by atoms with van der Waals surface area (Å²) >= 11 is 18.0. The third-order valence-electron chi connectivity index (χ3n) is 7.08. The predicted molar refractivity (Wildman–Crippen MR) is 146 cm³/mol. The van der Waals surface area contributed by atoms with Crippen molar-refractivity contribution in [2.45, 2.75) is 55.1 Å². The molecule has 1 saturated carbocycles. The first-order chi connectivity index (χ1) is 16.5. The fourth-order valence-corrected chi connectivity index (χ4v) is 7.14. The van der Waals surface area contributed by atoms with Gasteiger partial charge in [-0.25, -0.2) is 4.98 Å². The number of anilines is 1. The molecule has 178 valence electrons. The molecule has 0 bridgehead atoms. The van der Waals surface area contributed by atoms with Crippen molar-refractivity contribution in [2.75, 3.05) is 18.0 Å². The first-order valence-electron chi connectivity index (χ1n) is 11.8. The standard InChI is InChI=1S/C27H27BrCl2N2OS/c28-25-21(32-15-13-27(14-16-32)11-4-5-12-27)17-22(33-18-19-7-2-1-3-8-19)26(31-25)34-23-10-6-9-20(29)24(23)30/h1-3,6-10,17H,4-5,11-16,18H2. The van der Waals surface area contributed by atoms with Crippen LogP contribution in [-0.2, 0) is 6.61 Å². The highest BCUT2D eigenvalue weighted by Crippen LogP contribution is 2.48. The third kappa shape index (κ3) is 5.38. The highest BCUT2D eigenvalue weighted by molar-refractivity contribution is 9.10. The number of ether oxygens (including phenoxy) is 1. The van der Waals surface area contributed by atoms with E-state index in [9.17, 15) is 0 Å². The van der Waals surface area contributed by atoms with Gasteiger partial charge in [0.15, 0.2) is 5.75 Å². The maximum absolute atomic E-state index is 6.48.